The number of ether oxygens (including phenoxy) is 2. The van der Waals surface area contributed by atoms with Gasteiger partial charge in [0.25, 0.3) is 0 Å². The molecule has 0 aromatic carbocycles. The van der Waals surface area contributed by atoms with Gasteiger partial charge in [0, 0.05) is 24.8 Å². The molecule has 1 N–H and O–H groups in total. The summed E-state index contributed by atoms with van der Waals surface area (Å²) in [6, 6.07) is 0. The Hall–Kier alpha value is -1.18. The molecule has 29 heavy (non-hydrogen) atoms. The molecule has 2 rings (SSSR count). The highest BCUT2D eigenvalue weighted by Crippen LogP contribution is 2.42. The first-order valence-electron chi connectivity index (χ1n) is 10.3. The number of aliphatic hydroxyl groups is 1. The van der Waals surface area contributed by atoms with Crippen LogP contribution in [0.1, 0.15) is 78.7 Å². The van der Waals surface area contributed by atoms with Crippen LogP contribution in [0.5, 0.6) is 0 Å². The van der Waals surface area contributed by atoms with Crippen molar-refractivity contribution in [1.29, 1.82) is 0 Å². The molecule has 1 aromatic heterocycles. The van der Waals surface area contributed by atoms with Crippen LogP contribution in [0.4, 0.5) is 5.69 Å². The number of hydrogen-bond donors (Lipinski definition) is 1. The van der Waals surface area contributed by atoms with Gasteiger partial charge in [-0.15, -0.1) is 0 Å². The van der Waals surface area contributed by atoms with Crippen molar-refractivity contribution >= 4 is 27.6 Å². The minimum Gasteiger partial charge on any atom is -0.461 e. The zero-order valence-electron chi connectivity index (χ0n) is 18.7. The van der Waals surface area contributed by atoms with E-state index in [9.17, 15) is 9.90 Å². The standard InChI is InChI=1S/C22H35BrN2O4/c1-14(2)28-20(27)19(29-21(3,4)5)17-16(13-26)24-12-15(23)18(17)25-10-8-22(6,7)9-11-25/h12,14,19,26H,8-11,13H2,1-7H3/t19-/m0/s1. The number of carbonyl (C=O) groups is 1. The highest BCUT2D eigenvalue weighted by Gasteiger charge is 2.37. The van der Waals surface area contributed by atoms with E-state index >= 15 is 0 Å². The van der Waals surface area contributed by atoms with Crippen LogP contribution in [-0.2, 0) is 20.9 Å². The van der Waals surface area contributed by atoms with Crippen molar-refractivity contribution < 1.29 is 19.4 Å². The van der Waals surface area contributed by atoms with Gasteiger partial charge in [0.15, 0.2) is 6.10 Å². The van der Waals surface area contributed by atoms with Gasteiger partial charge in [-0.1, -0.05) is 13.8 Å². The van der Waals surface area contributed by atoms with Crippen LogP contribution < -0.4 is 4.90 Å². The van der Waals surface area contributed by atoms with E-state index in [2.05, 4.69) is 39.7 Å². The highest BCUT2D eigenvalue weighted by molar-refractivity contribution is 9.10. The molecule has 1 saturated heterocycles. The van der Waals surface area contributed by atoms with Crippen LogP contribution in [0.2, 0.25) is 0 Å². The van der Waals surface area contributed by atoms with E-state index in [4.69, 9.17) is 9.47 Å². The second-order valence-corrected chi connectivity index (χ2v) is 10.6. The van der Waals surface area contributed by atoms with Gasteiger partial charge < -0.3 is 19.5 Å². The van der Waals surface area contributed by atoms with Crippen LogP contribution in [0, 0.1) is 5.41 Å². The summed E-state index contributed by atoms with van der Waals surface area (Å²) < 4.78 is 12.5. The molecule has 0 saturated carbocycles. The third-order valence-electron chi connectivity index (χ3n) is 5.01. The average molecular weight is 471 g/mol. The van der Waals surface area contributed by atoms with Crippen molar-refractivity contribution in [3.05, 3.63) is 21.9 Å². The lowest BCUT2D eigenvalue weighted by Crippen LogP contribution is -2.39. The minimum absolute atomic E-state index is 0.273. The van der Waals surface area contributed by atoms with Crippen LogP contribution in [0.25, 0.3) is 0 Å². The van der Waals surface area contributed by atoms with E-state index in [0.29, 0.717) is 11.3 Å². The number of aromatic nitrogens is 1. The Morgan fingerprint density at radius 1 is 1.31 bits per heavy atom. The molecule has 2 heterocycles. The summed E-state index contributed by atoms with van der Waals surface area (Å²) in [5, 5.41) is 10.0. The quantitative estimate of drug-likeness (QED) is 0.603. The average Bonchev–Trinajstić information content (AvgIpc) is 2.58. The topological polar surface area (TPSA) is 71.9 Å². The highest BCUT2D eigenvalue weighted by atomic mass is 79.9. The van der Waals surface area contributed by atoms with Crippen molar-refractivity contribution in [2.24, 2.45) is 5.41 Å². The fraction of sp³-hybridized carbons (Fsp3) is 0.727. The smallest absolute Gasteiger partial charge is 0.340 e. The van der Waals surface area contributed by atoms with Gasteiger partial charge in [-0.3, -0.25) is 4.98 Å². The Kier molecular flexibility index (Phi) is 7.74. The minimum atomic E-state index is -0.977. The fourth-order valence-electron chi connectivity index (χ4n) is 3.46. The van der Waals surface area contributed by atoms with Gasteiger partial charge in [-0.2, -0.15) is 0 Å². The van der Waals surface area contributed by atoms with Gasteiger partial charge in [0.05, 0.1) is 34.2 Å². The van der Waals surface area contributed by atoms with Crippen LogP contribution in [0.15, 0.2) is 10.7 Å². The number of anilines is 1. The number of aliphatic hydroxyl groups excluding tert-OH is 1. The normalized spacial score (nSPS) is 18.1. The molecule has 6 nitrogen and oxygen atoms in total. The van der Waals surface area contributed by atoms with E-state index in [-0.39, 0.29) is 18.1 Å². The maximum atomic E-state index is 13.1. The predicted molar refractivity (Wildman–Crippen MR) is 118 cm³/mol. The molecular weight excluding hydrogens is 436 g/mol. The van der Waals surface area contributed by atoms with Crippen molar-refractivity contribution in [3.8, 4) is 0 Å². The zero-order valence-corrected chi connectivity index (χ0v) is 20.3. The maximum absolute atomic E-state index is 13.1. The SMILES string of the molecule is CC(C)OC(=O)[C@@H](OC(C)(C)C)c1c(CO)ncc(Br)c1N1CCC(C)(C)CC1. The molecule has 7 heteroatoms. The molecule has 1 aliphatic heterocycles. The molecule has 0 bridgehead atoms. The first kappa shape index (κ1) is 24.1. The molecule has 0 unspecified atom stereocenters. The molecule has 1 aromatic rings. The summed E-state index contributed by atoms with van der Waals surface area (Å²) in [4.78, 5) is 19.7. The van der Waals surface area contributed by atoms with E-state index in [1.807, 2.05) is 34.6 Å². The maximum Gasteiger partial charge on any atom is 0.340 e. The number of carbonyl (C=O) groups excluding carboxylic acids is 1. The van der Waals surface area contributed by atoms with Crippen molar-refractivity contribution in [2.75, 3.05) is 18.0 Å². The summed E-state index contributed by atoms with van der Waals surface area (Å²) in [7, 11) is 0. The lowest BCUT2D eigenvalue weighted by atomic mass is 9.82. The molecule has 1 fully saturated rings. The monoisotopic (exact) mass is 470 g/mol. The van der Waals surface area contributed by atoms with Crippen LogP contribution >= 0.6 is 15.9 Å². The summed E-state index contributed by atoms with van der Waals surface area (Å²) in [5.74, 6) is -0.469. The van der Waals surface area contributed by atoms with Crippen molar-refractivity contribution in [3.63, 3.8) is 0 Å². The Morgan fingerprint density at radius 3 is 2.38 bits per heavy atom. The lowest BCUT2D eigenvalue weighted by Gasteiger charge is -2.40. The predicted octanol–water partition coefficient (Wildman–Crippen LogP) is 4.77. The summed E-state index contributed by atoms with van der Waals surface area (Å²) in [6.45, 7) is 15.3. The number of rotatable bonds is 6. The second kappa shape index (κ2) is 9.31. The number of pyridine rings is 1. The number of piperidine rings is 1. The number of halogens is 1. The van der Waals surface area contributed by atoms with Gasteiger partial charge >= 0.3 is 5.97 Å². The van der Waals surface area contributed by atoms with Crippen molar-refractivity contribution in [1.82, 2.24) is 4.98 Å². The summed E-state index contributed by atoms with van der Waals surface area (Å²) in [6.07, 6.45) is 2.51. The molecule has 1 aliphatic rings. The van der Waals surface area contributed by atoms with E-state index < -0.39 is 17.7 Å². The molecule has 0 amide bonds. The molecule has 0 spiro atoms. The van der Waals surface area contributed by atoms with Gasteiger partial charge in [-0.05, 0) is 68.8 Å². The van der Waals surface area contributed by atoms with Crippen LogP contribution in [0.3, 0.4) is 0 Å². The Morgan fingerprint density at radius 2 is 1.90 bits per heavy atom. The number of esters is 1. The van der Waals surface area contributed by atoms with E-state index in [0.717, 1.165) is 36.1 Å². The third kappa shape index (κ3) is 6.40. The first-order chi connectivity index (χ1) is 13.3. The summed E-state index contributed by atoms with van der Waals surface area (Å²) in [5.41, 5.74) is 1.57. The summed E-state index contributed by atoms with van der Waals surface area (Å²) >= 11 is 3.63. The molecule has 0 aliphatic carbocycles. The Labute approximate surface area is 183 Å². The Bertz CT molecular complexity index is 718. The zero-order chi connectivity index (χ0) is 22.0. The van der Waals surface area contributed by atoms with E-state index in [1.54, 1.807) is 6.20 Å². The fourth-order valence-corrected chi connectivity index (χ4v) is 4.03. The first-order valence-corrected chi connectivity index (χ1v) is 11.1. The van der Waals surface area contributed by atoms with Crippen LogP contribution in [-0.4, -0.2) is 40.9 Å². The largest absolute Gasteiger partial charge is 0.461 e. The second-order valence-electron chi connectivity index (χ2n) is 9.72. The molecule has 1 atom stereocenters. The van der Waals surface area contributed by atoms with Gasteiger partial charge in [-0.25, -0.2) is 4.79 Å². The third-order valence-corrected chi connectivity index (χ3v) is 5.59. The lowest BCUT2D eigenvalue weighted by molar-refractivity contribution is -0.171. The van der Waals surface area contributed by atoms with Gasteiger partial charge in [0.1, 0.15) is 0 Å². The number of nitrogens with zero attached hydrogens (tertiary/aromatic N) is 2. The molecule has 164 valence electrons. The van der Waals surface area contributed by atoms with E-state index in [1.165, 1.54) is 0 Å². The Balaban J connectivity index is 2.59. The molecule has 0 radical (unpaired) electrons. The molecular formula is C22H35BrN2O4. The van der Waals surface area contributed by atoms with Crippen molar-refractivity contribution in [2.45, 2.75) is 85.7 Å². The number of hydrogen-bond acceptors (Lipinski definition) is 6. The van der Waals surface area contributed by atoms with Gasteiger partial charge in [0.2, 0.25) is 0 Å².